The van der Waals surface area contributed by atoms with Crippen molar-refractivity contribution in [3.05, 3.63) is 275 Å². The minimum atomic E-state index is -0.720. The van der Waals surface area contributed by atoms with E-state index < -0.39 is 10.8 Å². The SMILES string of the molecule is c1ccc(-n2c3ccccc3c3c2ccc2c4ccccc4n(-c4cnc5c(c4)C4(c6ccccc6Sc6cc7c(cc64)-c4ccccc4C74c6ccccc6-c6ccccc64)c4cccnc4-5)c23)cc1. The molecule has 2 spiro atoms. The molecular formula is C66H38N4S. The molecule has 0 radical (unpaired) electrons. The van der Waals surface area contributed by atoms with E-state index >= 15 is 0 Å². The normalized spacial score (nSPS) is 16.0. The van der Waals surface area contributed by atoms with Crippen LogP contribution in [0.2, 0.25) is 0 Å². The van der Waals surface area contributed by atoms with Crippen molar-refractivity contribution in [3.63, 3.8) is 0 Å². The van der Waals surface area contributed by atoms with Crippen molar-refractivity contribution in [2.24, 2.45) is 0 Å². The zero-order valence-corrected chi connectivity index (χ0v) is 39.0. The second kappa shape index (κ2) is 13.5. The van der Waals surface area contributed by atoms with Gasteiger partial charge in [-0.25, -0.2) is 0 Å². The summed E-state index contributed by atoms with van der Waals surface area (Å²) in [6, 6.07) is 81.7. The molecule has 9 aromatic carbocycles. The van der Waals surface area contributed by atoms with E-state index in [1.165, 1.54) is 109 Å². The van der Waals surface area contributed by atoms with Crippen molar-refractivity contribution in [2.45, 2.75) is 20.6 Å². The number of nitrogens with zero attached hydrogens (tertiary/aromatic N) is 4. The van der Waals surface area contributed by atoms with E-state index in [-0.39, 0.29) is 0 Å². The number of aromatic nitrogens is 4. The molecule has 1 atom stereocenters. The fraction of sp³-hybridized carbons (Fsp3) is 0.0303. The first-order chi connectivity index (χ1) is 35.2. The molecule has 4 aromatic heterocycles. The van der Waals surface area contributed by atoms with Crippen molar-refractivity contribution < 1.29 is 0 Å². The molecule has 4 nitrogen and oxygen atoms in total. The largest absolute Gasteiger partial charge is 0.309 e. The molecule has 3 aliphatic carbocycles. The lowest BCUT2D eigenvalue weighted by Gasteiger charge is -2.40. The zero-order chi connectivity index (χ0) is 46.2. The molecule has 0 fully saturated rings. The van der Waals surface area contributed by atoms with Crippen LogP contribution in [-0.4, -0.2) is 19.1 Å². The van der Waals surface area contributed by atoms with Crippen LogP contribution >= 0.6 is 11.8 Å². The van der Waals surface area contributed by atoms with Crippen molar-refractivity contribution >= 4 is 55.4 Å². The number of hydrogen-bond donors (Lipinski definition) is 0. The van der Waals surface area contributed by atoms with Gasteiger partial charge in [0, 0.05) is 48.8 Å². The molecule has 13 aromatic rings. The second-order valence-corrected chi connectivity index (χ2v) is 20.6. The molecule has 71 heavy (non-hydrogen) atoms. The number of para-hydroxylation sites is 3. The fourth-order valence-electron chi connectivity index (χ4n) is 13.9. The Morgan fingerprint density at radius 1 is 0.338 bits per heavy atom. The number of rotatable bonds is 2. The first kappa shape index (κ1) is 38.1. The average molecular weight is 919 g/mol. The van der Waals surface area contributed by atoms with Crippen molar-refractivity contribution in [1.29, 1.82) is 0 Å². The molecule has 0 saturated carbocycles. The number of pyridine rings is 2. The van der Waals surface area contributed by atoms with Gasteiger partial charge in [-0.15, -0.1) is 0 Å². The number of benzene rings is 9. The summed E-state index contributed by atoms with van der Waals surface area (Å²) in [7, 11) is 0. The first-order valence-corrected chi connectivity index (χ1v) is 25.3. The van der Waals surface area contributed by atoms with Gasteiger partial charge in [-0.1, -0.05) is 169 Å². The monoisotopic (exact) mass is 918 g/mol. The van der Waals surface area contributed by atoms with Crippen molar-refractivity contribution in [3.8, 4) is 45.0 Å². The predicted octanol–water partition coefficient (Wildman–Crippen LogP) is 15.8. The lowest BCUT2D eigenvalue weighted by Crippen LogP contribution is -2.33. The molecule has 17 rings (SSSR count). The van der Waals surface area contributed by atoms with Crippen LogP contribution in [0, 0.1) is 0 Å². The summed E-state index contributed by atoms with van der Waals surface area (Å²) < 4.78 is 4.91. The maximum atomic E-state index is 5.58. The molecule has 5 heterocycles. The van der Waals surface area contributed by atoms with E-state index in [9.17, 15) is 0 Å². The summed E-state index contributed by atoms with van der Waals surface area (Å²) in [5.74, 6) is 0. The maximum absolute atomic E-state index is 5.58. The van der Waals surface area contributed by atoms with Gasteiger partial charge in [-0.3, -0.25) is 9.97 Å². The number of fused-ring (bicyclic) bond motifs is 26. The Morgan fingerprint density at radius 3 is 1.69 bits per heavy atom. The quantitative estimate of drug-likeness (QED) is 0.173. The van der Waals surface area contributed by atoms with Crippen molar-refractivity contribution in [1.82, 2.24) is 19.1 Å². The predicted molar refractivity (Wildman–Crippen MR) is 288 cm³/mol. The van der Waals surface area contributed by atoms with Crippen LogP contribution in [0.25, 0.3) is 88.6 Å². The van der Waals surface area contributed by atoms with E-state index in [1.54, 1.807) is 0 Å². The summed E-state index contributed by atoms with van der Waals surface area (Å²) in [6.45, 7) is 0. The van der Waals surface area contributed by atoms with Crippen molar-refractivity contribution in [2.75, 3.05) is 0 Å². The summed E-state index contributed by atoms with van der Waals surface area (Å²) >= 11 is 1.90. The molecule has 0 saturated heterocycles. The highest BCUT2D eigenvalue weighted by molar-refractivity contribution is 7.99. The van der Waals surface area contributed by atoms with Crippen LogP contribution in [0.15, 0.2) is 241 Å². The van der Waals surface area contributed by atoms with Gasteiger partial charge in [0.2, 0.25) is 0 Å². The molecule has 1 aliphatic heterocycles. The molecule has 4 aliphatic rings. The van der Waals surface area contributed by atoms with Crippen LogP contribution in [0.4, 0.5) is 0 Å². The summed E-state index contributed by atoms with van der Waals surface area (Å²) in [4.78, 5) is 13.3. The minimum absolute atomic E-state index is 0.452. The smallest absolute Gasteiger partial charge is 0.0939 e. The lowest BCUT2D eigenvalue weighted by atomic mass is 9.66. The Kier molecular flexibility index (Phi) is 7.25. The van der Waals surface area contributed by atoms with Gasteiger partial charge >= 0.3 is 0 Å². The van der Waals surface area contributed by atoms with Gasteiger partial charge in [0.05, 0.1) is 56.2 Å². The molecule has 5 heteroatoms. The lowest BCUT2D eigenvalue weighted by molar-refractivity contribution is 0.714. The summed E-state index contributed by atoms with van der Waals surface area (Å²) in [5, 5.41) is 4.87. The fourth-order valence-corrected chi connectivity index (χ4v) is 15.1. The Hall–Kier alpha value is -8.77. The Labute approximate surface area is 413 Å². The van der Waals surface area contributed by atoms with E-state index in [4.69, 9.17) is 9.97 Å². The maximum Gasteiger partial charge on any atom is 0.0939 e. The van der Waals surface area contributed by atoms with Gasteiger partial charge in [0.1, 0.15) is 0 Å². The summed E-state index contributed by atoms with van der Waals surface area (Å²) in [6.07, 6.45) is 4.03. The van der Waals surface area contributed by atoms with E-state index in [0.717, 1.165) is 33.8 Å². The topological polar surface area (TPSA) is 35.6 Å². The van der Waals surface area contributed by atoms with Crippen LogP contribution in [0.3, 0.4) is 0 Å². The number of hydrogen-bond acceptors (Lipinski definition) is 3. The highest BCUT2D eigenvalue weighted by atomic mass is 32.2. The first-order valence-electron chi connectivity index (χ1n) is 24.5. The highest BCUT2D eigenvalue weighted by Gasteiger charge is 2.56. The molecule has 328 valence electrons. The van der Waals surface area contributed by atoms with Gasteiger partial charge in [-0.05, 0) is 122 Å². The van der Waals surface area contributed by atoms with Gasteiger partial charge < -0.3 is 9.13 Å². The third kappa shape index (κ3) is 4.51. The average Bonchev–Trinajstić information content (AvgIpc) is 4.20. The van der Waals surface area contributed by atoms with E-state index in [1.807, 2.05) is 18.0 Å². The van der Waals surface area contributed by atoms with Gasteiger partial charge in [0.15, 0.2) is 0 Å². The standard InChI is InChI=1S/C66H38N4S/c1-2-17-39(18-3-1)69-57-30-14-8-23-46(57)61-58(69)33-32-45-44-22-7-13-29-56(44)70(64(45)61)40-35-55-63(68-38-40)62-52(28-16-34-67-62)66(55)51-27-12-15-31-59(51)71-60-37-53-47(36-54(60)66)43-21-6-11-26-50(43)65(53)48-24-9-4-19-41(48)42-20-5-10-25-49(42)65/h1-38H. The van der Waals surface area contributed by atoms with Crippen LogP contribution in [0.5, 0.6) is 0 Å². The highest BCUT2D eigenvalue weighted by Crippen LogP contribution is 2.67. The Morgan fingerprint density at radius 2 is 0.930 bits per heavy atom. The molecule has 0 N–H and O–H groups in total. The molecular weight excluding hydrogens is 881 g/mol. The third-order valence-corrected chi connectivity index (χ3v) is 17.6. The van der Waals surface area contributed by atoms with E-state index in [2.05, 4.69) is 234 Å². The van der Waals surface area contributed by atoms with E-state index in [0.29, 0.717) is 0 Å². The third-order valence-electron chi connectivity index (χ3n) is 16.5. The van der Waals surface area contributed by atoms with Crippen LogP contribution < -0.4 is 0 Å². The zero-order valence-electron chi connectivity index (χ0n) is 38.1. The van der Waals surface area contributed by atoms with Gasteiger partial charge in [-0.2, -0.15) is 0 Å². The van der Waals surface area contributed by atoms with Crippen LogP contribution in [-0.2, 0) is 10.8 Å². The minimum Gasteiger partial charge on any atom is -0.309 e. The molecule has 1 unspecified atom stereocenters. The Bertz CT molecular complexity index is 4480. The summed E-state index contributed by atoms with van der Waals surface area (Å²) in [5.41, 5.74) is 23.0. The molecule has 0 bridgehead atoms. The van der Waals surface area contributed by atoms with Crippen LogP contribution in [0.1, 0.15) is 44.5 Å². The molecule has 0 amide bonds. The second-order valence-electron chi connectivity index (χ2n) is 19.5. The Balaban J connectivity index is 0.987. The van der Waals surface area contributed by atoms with Gasteiger partial charge in [0.25, 0.3) is 0 Å².